The minimum Gasteiger partial charge on any atom is -0.328 e. The highest BCUT2D eigenvalue weighted by atomic mass is 35.5. The van der Waals surface area contributed by atoms with E-state index in [9.17, 15) is 4.39 Å². The highest BCUT2D eigenvalue weighted by molar-refractivity contribution is 5.85. The Bertz CT molecular complexity index is 467. The van der Waals surface area contributed by atoms with Crippen molar-refractivity contribution in [2.75, 3.05) is 6.54 Å². The van der Waals surface area contributed by atoms with Crippen LogP contribution in [0.15, 0.2) is 36.7 Å². The van der Waals surface area contributed by atoms with Crippen molar-refractivity contribution < 1.29 is 4.39 Å². The summed E-state index contributed by atoms with van der Waals surface area (Å²) in [4.78, 5) is 0. The molecule has 5 heteroatoms. The van der Waals surface area contributed by atoms with Gasteiger partial charge in [0.25, 0.3) is 0 Å². The lowest BCUT2D eigenvalue weighted by Crippen LogP contribution is -2.20. The molecular weight excluding hydrogens is 241 g/mol. The van der Waals surface area contributed by atoms with Gasteiger partial charge in [-0.05, 0) is 30.2 Å². The summed E-state index contributed by atoms with van der Waals surface area (Å²) in [5.41, 5.74) is 7.78. The van der Waals surface area contributed by atoms with E-state index in [2.05, 4.69) is 5.10 Å². The average molecular weight is 256 g/mol. The Morgan fingerprint density at radius 2 is 2.00 bits per heavy atom. The standard InChI is InChI=1S/C12H14FN3.ClH/c1-9-7-15-16(8-9)12(6-14)10-2-4-11(13)5-3-10;/h2-5,7-8,12H,6,14H2,1H3;1H. The van der Waals surface area contributed by atoms with Gasteiger partial charge < -0.3 is 5.73 Å². The van der Waals surface area contributed by atoms with Crippen molar-refractivity contribution >= 4 is 12.4 Å². The van der Waals surface area contributed by atoms with E-state index in [0.717, 1.165) is 11.1 Å². The molecule has 0 amide bonds. The van der Waals surface area contributed by atoms with Gasteiger partial charge >= 0.3 is 0 Å². The van der Waals surface area contributed by atoms with Gasteiger partial charge in [0.05, 0.1) is 12.2 Å². The highest BCUT2D eigenvalue weighted by Gasteiger charge is 2.12. The molecule has 0 fully saturated rings. The quantitative estimate of drug-likeness (QED) is 0.915. The lowest BCUT2D eigenvalue weighted by molar-refractivity contribution is 0.530. The molecule has 0 saturated carbocycles. The molecule has 17 heavy (non-hydrogen) atoms. The summed E-state index contributed by atoms with van der Waals surface area (Å²) < 4.78 is 14.6. The molecule has 0 saturated heterocycles. The SMILES string of the molecule is Cc1cnn(C(CN)c2ccc(F)cc2)c1.Cl. The summed E-state index contributed by atoms with van der Waals surface area (Å²) in [6.07, 6.45) is 3.72. The first-order valence-corrected chi connectivity index (χ1v) is 5.17. The summed E-state index contributed by atoms with van der Waals surface area (Å²) in [6, 6.07) is 6.32. The first kappa shape index (κ1) is 13.7. The lowest BCUT2D eigenvalue weighted by Gasteiger charge is -2.15. The van der Waals surface area contributed by atoms with Gasteiger partial charge in [-0.2, -0.15) is 5.10 Å². The van der Waals surface area contributed by atoms with Crippen LogP contribution in [0.1, 0.15) is 17.2 Å². The van der Waals surface area contributed by atoms with Gasteiger partial charge in [-0.25, -0.2) is 4.39 Å². The number of aromatic nitrogens is 2. The maximum Gasteiger partial charge on any atom is 0.123 e. The summed E-state index contributed by atoms with van der Waals surface area (Å²) in [7, 11) is 0. The Hall–Kier alpha value is -1.39. The fourth-order valence-corrected chi connectivity index (χ4v) is 1.69. The van der Waals surface area contributed by atoms with Crippen molar-refractivity contribution in [2.45, 2.75) is 13.0 Å². The van der Waals surface area contributed by atoms with Crippen molar-refractivity contribution in [1.29, 1.82) is 0 Å². The van der Waals surface area contributed by atoms with Gasteiger partial charge in [-0.1, -0.05) is 12.1 Å². The van der Waals surface area contributed by atoms with E-state index in [1.807, 2.05) is 17.8 Å². The van der Waals surface area contributed by atoms with E-state index in [0.29, 0.717) is 6.54 Å². The van der Waals surface area contributed by atoms with Crippen LogP contribution in [0.5, 0.6) is 0 Å². The van der Waals surface area contributed by atoms with Crippen molar-refractivity contribution in [3.05, 3.63) is 53.6 Å². The van der Waals surface area contributed by atoms with Crippen LogP contribution in [0.2, 0.25) is 0 Å². The van der Waals surface area contributed by atoms with Crippen molar-refractivity contribution in [3.8, 4) is 0 Å². The summed E-state index contributed by atoms with van der Waals surface area (Å²) in [5, 5.41) is 4.23. The summed E-state index contributed by atoms with van der Waals surface area (Å²) >= 11 is 0. The molecule has 2 rings (SSSR count). The predicted molar refractivity (Wildman–Crippen MR) is 67.8 cm³/mol. The molecule has 2 N–H and O–H groups in total. The van der Waals surface area contributed by atoms with Gasteiger partial charge in [0, 0.05) is 12.7 Å². The molecule has 1 heterocycles. The number of hydrogen-bond acceptors (Lipinski definition) is 2. The Balaban J connectivity index is 0.00000144. The highest BCUT2D eigenvalue weighted by Crippen LogP contribution is 2.17. The number of hydrogen-bond donors (Lipinski definition) is 1. The topological polar surface area (TPSA) is 43.8 Å². The second-order valence-electron chi connectivity index (χ2n) is 3.80. The van der Waals surface area contributed by atoms with Crippen LogP contribution < -0.4 is 5.73 Å². The molecule has 1 aromatic heterocycles. The number of benzene rings is 1. The van der Waals surface area contributed by atoms with Crippen molar-refractivity contribution in [2.24, 2.45) is 5.73 Å². The molecule has 1 aromatic carbocycles. The molecule has 2 aromatic rings. The molecule has 0 radical (unpaired) electrons. The second-order valence-corrected chi connectivity index (χ2v) is 3.80. The predicted octanol–water partition coefficient (Wildman–Crippen LogP) is 2.30. The van der Waals surface area contributed by atoms with E-state index >= 15 is 0 Å². The van der Waals surface area contributed by atoms with Gasteiger partial charge in [0.1, 0.15) is 5.82 Å². The van der Waals surface area contributed by atoms with Gasteiger partial charge in [0.15, 0.2) is 0 Å². The monoisotopic (exact) mass is 255 g/mol. The molecule has 0 bridgehead atoms. The Morgan fingerprint density at radius 3 is 2.47 bits per heavy atom. The minimum absolute atomic E-state index is 0. The zero-order valence-corrected chi connectivity index (χ0v) is 10.3. The van der Waals surface area contributed by atoms with Crippen LogP contribution in [0.4, 0.5) is 4.39 Å². The molecule has 1 atom stereocenters. The molecule has 0 aliphatic heterocycles. The summed E-state index contributed by atoms with van der Waals surface area (Å²) in [6.45, 7) is 2.41. The molecule has 0 aliphatic carbocycles. The maximum atomic E-state index is 12.8. The first-order valence-electron chi connectivity index (χ1n) is 5.17. The molecular formula is C12H15ClFN3. The zero-order valence-electron chi connectivity index (χ0n) is 9.51. The number of halogens is 2. The van der Waals surface area contributed by atoms with E-state index in [4.69, 9.17) is 5.73 Å². The molecule has 92 valence electrons. The Labute approximate surface area is 106 Å². The normalized spacial score (nSPS) is 11.9. The average Bonchev–Trinajstić information content (AvgIpc) is 2.69. The lowest BCUT2D eigenvalue weighted by atomic mass is 10.1. The van der Waals surface area contributed by atoms with Crippen LogP contribution in [0.3, 0.4) is 0 Å². The first-order chi connectivity index (χ1) is 7.70. The van der Waals surface area contributed by atoms with Gasteiger partial charge in [0.2, 0.25) is 0 Å². The third kappa shape index (κ3) is 3.05. The van der Waals surface area contributed by atoms with Crippen molar-refractivity contribution in [3.63, 3.8) is 0 Å². The van der Waals surface area contributed by atoms with Crippen LogP contribution in [0, 0.1) is 12.7 Å². The van der Waals surface area contributed by atoms with Crippen LogP contribution >= 0.6 is 12.4 Å². The number of nitrogens with zero attached hydrogens (tertiary/aromatic N) is 2. The molecule has 0 aliphatic rings. The molecule has 3 nitrogen and oxygen atoms in total. The van der Waals surface area contributed by atoms with Crippen molar-refractivity contribution in [1.82, 2.24) is 9.78 Å². The maximum absolute atomic E-state index is 12.8. The van der Waals surface area contributed by atoms with E-state index in [-0.39, 0.29) is 24.3 Å². The van der Waals surface area contributed by atoms with E-state index < -0.39 is 0 Å². The zero-order chi connectivity index (χ0) is 11.5. The molecule has 0 spiro atoms. The Morgan fingerprint density at radius 1 is 1.35 bits per heavy atom. The third-order valence-electron chi connectivity index (χ3n) is 2.53. The number of nitrogens with two attached hydrogens (primary N) is 1. The number of rotatable bonds is 3. The van der Waals surface area contributed by atoms with Crippen LogP contribution in [-0.2, 0) is 0 Å². The van der Waals surface area contributed by atoms with Gasteiger partial charge in [-0.15, -0.1) is 12.4 Å². The number of aryl methyl sites for hydroxylation is 1. The van der Waals surface area contributed by atoms with E-state index in [1.54, 1.807) is 18.3 Å². The largest absolute Gasteiger partial charge is 0.328 e. The fourth-order valence-electron chi connectivity index (χ4n) is 1.69. The van der Waals surface area contributed by atoms with Crippen LogP contribution in [0.25, 0.3) is 0 Å². The van der Waals surface area contributed by atoms with Crippen LogP contribution in [-0.4, -0.2) is 16.3 Å². The fraction of sp³-hybridized carbons (Fsp3) is 0.250. The van der Waals surface area contributed by atoms with E-state index in [1.165, 1.54) is 12.1 Å². The molecule has 1 unspecified atom stereocenters. The third-order valence-corrected chi connectivity index (χ3v) is 2.53. The summed E-state index contributed by atoms with van der Waals surface area (Å²) in [5.74, 6) is -0.240. The van der Waals surface area contributed by atoms with Gasteiger partial charge in [-0.3, -0.25) is 4.68 Å². The Kier molecular flexibility index (Phi) is 4.66. The second kappa shape index (κ2) is 5.80. The smallest absolute Gasteiger partial charge is 0.123 e. The minimum atomic E-state index is -0.240.